The molecule has 1 aliphatic heterocycles. The van der Waals surface area contributed by atoms with Gasteiger partial charge in [-0.1, -0.05) is 17.7 Å². The van der Waals surface area contributed by atoms with Crippen LogP contribution in [0.1, 0.15) is 55.7 Å². The Kier molecular flexibility index (Phi) is 6.33. The van der Waals surface area contributed by atoms with E-state index in [0.717, 1.165) is 31.7 Å². The number of likely N-dealkylation sites (tertiary alicyclic amines) is 1. The maximum absolute atomic E-state index is 12.0. The molecule has 1 fully saturated rings. The van der Waals surface area contributed by atoms with Crippen molar-refractivity contribution in [2.75, 3.05) is 6.54 Å². The fraction of sp³-hybridized carbons (Fsp3) is 0.579. The van der Waals surface area contributed by atoms with Gasteiger partial charge in [0.2, 0.25) is 0 Å². The van der Waals surface area contributed by atoms with E-state index in [4.69, 9.17) is 0 Å². The Labute approximate surface area is 154 Å². The molecule has 3 heterocycles. The van der Waals surface area contributed by atoms with Gasteiger partial charge in [0, 0.05) is 31.4 Å². The first-order valence-corrected chi connectivity index (χ1v) is 9.47. The molecule has 7 nitrogen and oxygen atoms in total. The number of aromatic nitrogens is 4. The van der Waals surface area contributed by atoms with E-state index in [2.05, 4.69) is 31.6 Å². The van der Waals surface area contributed by atoms with Crippen molar-refractivity contribution in [3.8, 4) is 0 Å². The number of piperidine rings is 1. The van der Waals surface area contributed by atoms with Crippen LogP contribution < -0.4 is 5.32 Å². The van der Waals surface area contributed by atoms with Crippen molar-refractivity contribution < 1.29 is 4.79 Å². The van der Waals surface area contributed by atoms with Gasteiger partial charge in [-0.15, -0.1) is 5.10 Å². The summed E-state index contributed by atoms with van der Waals surface area (Å²) in [6.07, 6.45) is 8.30. The minimum atomic E-state index is -0.166. The van der Waals surface area contributed by atoms with Crippen LogP contribution in [-0.2, 0) is 13.1 Å². The van der Waals surface area contributed by atoms with Crippen molar-refractivity contribution in [1.82, 2.24) is 30.2 Å². The molecule has 0 bridgehead atoms. The van der Waals surface area contributed by atoms with Crippen LogP contribution in [0.25, 0.3) is 0 Å². The smallest absolute Gasteiger partial charge is 0.273 e. The second-order valence-electron chi connectivity index (χ2n) is 7.22. The third-order valence-electron chi connectivity index (χ3n) is 4.72. The van der Waals surface area contributed by atoms with Gasteiger partial charge in [-0.25, -0.2) is 0 Å². The summed E-state index contributed by atoms with van der Waals surface area (Å²) in [5, 5.41) is 11.0. The average molecular weight is 356 g/mol. The summed E-state index contributed by atoms with van der Waals surface area (Å²) in [5.41, 5.74) is 1.50. The summed E-state index contributed by atoms with van der Waals surface area (Å²) in [6.45, 7) is 6.64. The number of rotatable bonds is 7. The third-order valence-corrected chi connectivity index (χ3v) is 4.72. The van der Waals surface area contributed by atoms with Crippen LogP contribution in [0.3, 0.4) is 0 Å². The Balaban J connectivity index is 1.55. The molecule has 0 aromatic carbocycles. The molecule has 0 unspecified atom stereocenters. The summed E-state index contributed by atoms with van der Waals surface area (Å²) in [7, 11) is 0. The highest BCUT2D eigenvalue weighted by Gasteiger charge is 2.23. The van der Waals surface area contributed by atoms with Crippen molar-refractivity contribution in [2.24, 2.45) is 0 Å². The maximum Gasteiger partial charge on any atom is 0.273 e. The van der Waals surface area contributed by atoms with Gasteiger partial charge in [0.15, 0.2) is 5.69 Å². The molecule has 0 saturated carbocycles. The Morgan fingerprint density at radius 1 is 1.35 bits per heavy atom. The van der Waals surface area contributed by atoms with Gasteiger partial charge in [0.1, 0.15) is 0 Å². The lowest BCUT2D eigenvalue weighted by Gasteiger charge is -2.35. The third kappa shape index (κ3) is 5.11. The van der Waals surface area contributed by atoms with Gasteiger partial charge in [-0.3, -0.25) is 19.4 Å². The molecule has 1 N–H and O–H groups in total. The standard InChI is InChI=1S/C19H28N6O/c1-15(2)21-19(26)18-14-25(23-22-18)12-9-17-8-4-6-11-24(17)13-16-7-3-5-10-20-16/h3,5,7,10,14-15,17H,4,6,8-9,11-13H2,1-2H3,(H,21,26)/t17-/m0/s1. The number of hydrogen-bond acceptors (Lipinski definition) is 5. The van der Waals surface area contributed by atoms with E-state index in [0.29, 0.717) is 11.7 Å². The first kappa shape index (κ1) is 18.5. The number of aryl methyl sites for hydroxylation is 1. The summed E-state index contributed by atoms with van der Waals surface area (Å²) in [5.74, 6) is -0.166. The van der Waals surface area contributed by atoms with E-state index in [1.807, 2.05) is 32.2 Å². The number of nitrogens with zero attached hydrogens (tertiary/aromatic N) is 5. The number of pyridine rings is 1. The van der Waals surface area contributed by atoms with Gasteiger partial charge in [0.25, 0.3) is 5.91 Å². The molecule has 26 heavy (non-hydrogen) atoms. The molecular weight excluding hydrogens is 328 g/mol. The molecule has 1 atom stereocenters. The van der Waals surface area contributed by atoms with Crippen LogP contribution >= 0.6 is 0 Å². The van der Waals surface area contributed by atoms with Gasteiger partial charge in [-0.05, 0) is 51.8 Å². The van der Waals surface area contributed by atoms with Crippen molar-refractivity contribution in [3.05, 3.63) is 42.0 Å². The fourth-order valence-electron chi connectivity index (χ4n) is 3.42. The van der Waals surface area contributed by atoms with E-state index < -0.39 is 0 Å². The quantitative estimate of drug-likeness (QED) is 0.823. The lowest BCUT2D eigenvalue weighted by atomic mass is 9.99. The molecule has 1 aliphatic rings. The SMILES string of the molecule is CC(C)NC(=O)c1cn(CC[C@@H]2CCCCN2Cc2ccccn2)nn1. The number of nitrogens with one attached hydrogen (secondary N) is 1. The maximum atomic E-state index is 12.0. The zero-order chi connectivity index (χ0) is 18.4. The molecule has 1 saturated heterocycles. The van der Waals surface area contributed by atoms with Crippen molar-refractivity contribution >= 4 is 5.91 Å². The van der Waals surface area contributed by atoms with E-state index in [9.17, 15) is 4.79 Å². The first-order chi connectivity index (χ1) is 12.6. The molecule has 3 rings (SSSR count). The number of carbonyl (C=O) groups excluding carboxylic acids is 1. The molecule has 2 aromatic rings. The van der Waals surface area contributed by atoms with Crippen LogP contribution in [0, 0.1) is 0 Å². The first-order valence-electron chi connectivity index (χ1n) is 9.47. The van der Waals surface area contributed by atoms with E-state index in [1.54, 1.807) is 10.9 Å². The molecule has 0 radical (unpaired) electrons. The lowest BCUT2D eigenvalue weighted by Crippen LogP contribution is -2.39. The summed E-state index contributed by atoms with van der Waals surface area (Å²) in [4.78, 5) is 19.0. The van der Waals surface area contributed by atoms with Gasteiger partial charge >= 0.3 is 0 Å². The number of hydrogen-bond donors (Lipinski definition) is 1. The van der Waals surface area contributed by atoms with Crippen LogP contribution in [0.5, 0.6) is 0 Å². The zero-order valence-electron chi connectivity index (χ0n) is 15.6. The molecule has 140 valence electrons. The second kappa shape index (κ2) is 8.89. The van der Waals surface area contributed by atoms with E-state index in [-0.39, 0.29) is 11.9 Å². The highest BCUT2D eigenvalue weighted by molar-refractivity contribution is 5.91. The Bertz CT molecular complexity index is 699. The number of carbonyl (C=O) groups is 1. The van der Waals surface area contributed by atoms with Crippen molar-refractivity contribution in [2.45, 2.75) is 64.7 Å². The lowest BCUT2D eigenvalue weighted by molar-refractivity contribution is 0.0938. The zero-order valence-corrected chi connectivity index (χ0v) is 15.6. The molecule has 0 aliphatic carbocycles. The fourth-order valence-corrected chi connectivity index (χ4v) is 3.42. The van der Waals surface area contributed by atoms with Crippen LogP contribution in [0.15, 0.2) is 30.6 Å². The Morgan fingerprint density at radius 3 is 3.00 bits per heavy atom. The molecular formula is C19H28N6O. The van der Waals surface area contributed by atoms with Crippen molar-refractivity contribution in [1.29, 1.82) is 0 Å². The van der Waals surface area contributed by atoms with Crippen LogP contribution in [0.4, 0.5) is 0 Å². The average Bonchev–Trinajstić information content (AvgIpc) is 3.10. The molecule has 0 spiro atoms. The van der Waals surface area contributed by atoms with Crippen LogP contribution in [0.2, 0.25) is 0 Å². The number of amides is 1. The van der Waals surface area contributed by atoms with E-state index in [1.165, 1.54) is 19.3 Å². The molecule has 2 aromatic heterocycles. The highest BCUT2D eigenvalue weighted by atomic mass is 16.2. The summed E-state index contributed by atoms with van der Waals surface area (Å²) < 4.78 is 1.78. The van der Waals surface area contributed by atoms with Crippen LogP contribution in [-0.4, -0.2) is 49.4 Å². The second-order valence-corrected chi connectivity index (χ2v) is 7.22. The predicted molar refractivity (Wildman–Crippen MR) is 99.5 cm³/mol. The molecule has 7 heteroatoms. The highest BCUT2D eigenvalue weighted by Crippen LogP contribution is 2.22. The normalized spacial score (nSPS) is 18.2. The Morgan fingerprint density at radius 2 is 2.23 bits per heavy atom. The molecule has 1 amide bonds. The minimum Gasteiger partial charge on any atom is -0.348 e. The Hall–Kier alpha value is -2.28. The topological polar surface area (TPSA) is 75.9 Å². The predicted octanol–water partition coefficient (Wildman–Crippen LogP) is 2.26. The summed E-state index contributed by atoms with van der Waals surface area (Å²) in [6, 6.07) is 6.69. The summed E-state index contributed by atoms with van der Waals surface area (Å²) >= 11 is 0. The van der Waals surface area contributed by atoms with Gasteiger partial charge < -0.3 is 5.32 Å². The largest absolute Gasteiger partial charge is 0.348 e. The monoisotopic (exact) mass is 356 g/mol. The van der Waals surface area contributed by atoms with Crippen molar-refractivity contribution in [3.63, 3.8) is 0 Å². The van der Waals surface area contributed by atoms with Gasteiger partial charge in [-0.2, -0.15) is 0 Å². The minimum absolute atomic E-state index is 0.0926. The van der Waals surface area contributed by atoms with E-state index >= 15 is 0 Å². The van der Waals surface area contributed by atoms with Gasteiger partial charge in [0.05, 0.1) is 11.9 Å².